The SMILES string of the molecule is Cc1ccc(N2C[C@@H](c3nc(-c4ccc(C(F)(F)F)cc4)no3)CC2=O)cc1C. The summed E-state index contributed by atoms with van der Waals surface area (Å²) in [6, 6.07) is 10.4. The molecule has 3 aromatic rings. The van der Waals surface area contributed by atoms with Crippen molar-refractivity contribution in [2.24, 2.45) is 0 Å². The van der Waals surface area contributed by atoms with E-state index in [0.29, 0.717) is 18.0 Å². The Bertz CT molecular complexity index is 1060. The van der Waals surface area contributed by atoms with Gasteiger partial charge in [0.05, 0.1) is 11.5 Å². The molecule has 0 radical (unpaired) electrons. The predicted octanol–water partition coefficient (Wildman–Crippen LogP) is 4.89. The summed E-state index contributed by atoms with van der Waals surface area (Å²) in [5, 5.41) is 3.87. The summed E-state index contributed by atoms with van der Waals surface area (Å²) in [5.74, 6) is 0.206. The number of carbonyl (C=O) groups is 1. The Morgan fingerprint density at radius 3 is 2.45 bits per heavy atom. The Kier molecular flexibility index (Phi) is 4.64. The topological polar surface area (TPSA) is 59.2 Å². The van der Waals surface area contributed by atoms with E-state index in [9.17, 15) is 18.0 Å². The zero-order valence-electron chi connectivity index (χ0n) is 15.8. The van der Waals surface area contributed by atoms with E-state index in [4.69, 9.17) is 4.52 Å². The second kappa shape index (κ2) is 7.02. The van der Waals surface area contributed by atoms with Gasteiger partial charge in [0.1, 0.15) is 0 Å². The lowest BCUT2D eigenvalue weighted by Crippen LogP contribution is -2.24. The van der Waals surface area contributed by atoms with E-state index < -0.39 is 11.7 Å². The van der Waals surface area contributed by atoms with Gasteiger partial charge in [0, 0.05) is 24.2 Å². The first kappa shape index (κ1) is 19.2. The number of amides is 1. The second-order valence-corrected chi connectivity index (χ2v) is 7.21. The van der Waals surface area contributed by atoms with E-state index in [1.165, 1.54) is 12.1 Å². The quantitative estimate of drug-likeness (QED) is 0.627. The first-order chi connectivity index (χ1) is 13.7. The maximum absolute atomic E-state index is 12.7. The van der Waals surface area contributed by atoms with E-state index in [1.54, 1.807) is 4.90 Å². The molecule has 1 aliphatic heterocycles. The number of anilines is 1. The van der Waals surface area contributed by atoms with Crippen LogP contribution in [0.25, 0.3) is 11.4 Å². The van der Waals surface area contributed by atoms with Crippen molar-refractivity contribution in [2.45, 2.75) is 32.4 Å². The lowest BCUT2D eigenvalue weighted by molar-refractivity contribution is -0.137. The van der Waals surface area contributed by atoms with Gasteiger partial charge in [0.2, 0.25) is 17.6 Å². The molecule has 2 aromatic carbocycles. The van der Waals surface area contributed by atoms with Crippen molar-refractivity contribution >= 4 is 11.6 Å². The van der Waals surface area contributed by atoms with Crippen LogP contribution >= 0.6 is 0 Å². The van der Waals surface area contributed by atoms with Gasteiger partial charge >= 0.3 is 6.18 Å². The van der Waals surface area contributed by atoms with E-state index in [-0.39, 0.29) is 24.1 Å². The van der Waals surface area contributed by atoms with Crippen molar-refractivity contribution in [3.63, 3.8) is 0 Å². The van der Waals surface area contributed by atoms with Crippen LogP contribution in [0.3, 0.4) is 0 Å². The fraction of sp³-hybridized carbons (Fsp3) is 0.286. The number of rotatable bonds is 3. The monoisotopic (exact) mass is 401 g/mol. The van der Waals surface area contributed by atoms with Crippen LogP contribution in [0.1, 0.15) is 34.9 Å². The molecule has 5 nitrogen and oxygen atoms in total. The number of hydrogen-bond acceptors (Lipinski definition) is 4. The van der Waals surface area contributed by atoms with Gasteiger partial charge in [0.25, 0.3) is 0 Å². The van der Waals surface area contributed by atoms with Crippen LogP contribution in [-0.2, 0) is 11.0 Å². The van der Waals surface area contributed by atoms with Crippen LogP contribution in [0.2, 0.25) is 0 Å². The lowest BCUT2D eigenvalue weighted by atomic mass is 10.1. The van der Waals surface area contributed by atoms with Crippen molar-refractivity contribution in [1.29, 1.82) is 0 Å². The molecule has 0 aliphatic carbocycles. The van der Waals surface area contributed by atoms with Crippen molar-refractivity contribution in [3.8, 4) is 11.4 Å². The highest BCUT2D eigenvalue weighted by atomic mass is 19.4. The molecule has 1 fully saturated rings. The Morgan fingerprint density at radius 1 is 1.07 bits per heavy atom. The molecule has 0 spiro atoms. The molecule has 0 bridgehead atoms. The van der Waals surface area contributed by atoms with Crippen LogP contribution < -0.4 is 4.90 Å². The molecule has 1 amide bonds. The first-order valence-corrected chi connectivity index (χ1v) is 9.11. The summed E-state index contributed by atoms with van der Waals surface area (Å²) < 4.78 is 43.4. The summed E-state index contributed by atoms with van der Waals surface area (Å²) in [7, 11) is 0. The summed E-state index contributed by atoms with van der Waals surface area (Å²) in [5.41, 5.74) is 2.75. The number of hydrogen-bond donors (Lipinski definition) is 0. The fourth-order valence-corrected chi connectivity index (χ4v) is 3.34. The molecule has 1 atom stereocenters. The lowest BCUT2D eigenvalue weighted by Gasteiger charge is -2.17. The number of halogens is 3. The second-order valence-electron chi connectivity index (χ2n) is 7.21. The molecule has 29 heavy (non-hydrogen) atoms. The average Bonchev–Trinajstić information content (AvgIpc) is 3.30. The maximum Gasteiger partial charge on any atom is 0.416 e. The zero-order valence-corrected chi connectivity index (χ0v) is 15.8. The highest BCUT2D eigenvalue weighted by molar-refractivity contribution is 5.96. The van der Waals surface area contributed by atoms with Gasteiger partial charge in [0.15, 0.2) is 0 Å². The maximum atomic E-state index is 12.7. The van der Waals surface area contributed by atoms with Gasteiger partial charge in [-0.1, -0.05) is 23.4 Å². The molecular weight excluding hydrogens is 383 g/mol. The predicted molar refractivity (Wildman–Crippen MR) is 100 cm³/mol. The Balaban J connectivity index is 1.52. The zero-order chi connectivity index (χ0) is 20.8. The number of aryl methyl sites for hydroxylation is 2. The minimum absolute atomic E-state index is 0.0347. The van der Waals surface area contributed by atoms with Crippen molar-refractivity contribution in [1.82, 2.24) is 10.1 Å². The van der Waals surface area contributed by atoms with Crippen LogP contribution in [0, 0.1) is 13.8 Å². The highest BCUT2D eigenvalue weighted by Crippen LogP contribution is 2.34. The molecule has 1 aromatic heterocycles. The van der Waals surface area contributed by atoms with Crippen LogP contribution in [-0.4, -0.2) is 22.6 Å². The number of benzene rings is 2. The molecule has 0 saturated carbocycles. The van der Waals surface area contributed by atoms with Crippen molar-refractivity contribution in [2.75, 3.05) is 11.4 Å². The summed E-state index contributed by atoms with van der Waals surface area (Å²) in [4.78, 5) is 18.5. The molecule has 1 aliphatic rings. The summed E-state index contributed by atoms with van der Waals surface area (Å²) >= 11 is 0. The van der Waals surface area contributed by atoms with Gasteiger partial charge < -0.3 is 9.42 Å². The van der Waals surface area contributed by atoms with E-state index in [1.807, 2.05) is 32.0 Å². The molecule has 150 valence electrons. The number of carbonyl (C=O) groups excluding carboxylic acids is 1. The summed E-state index contributed by atoms with van der Waals surface area (Å²) in [6.07, 6.45) is -4.16. The molecule has 0 N–H and O–H groups in total. The largest absolute Gasteiger partial charge is 0.416 e. The van der Waals surface area contributed by atoms with E-state index in [0.717, 1.165) is 28.9 Å². The number of alkyl halides is 3. The van der Waals surface area contributed by atoms with E-state index in [2.05, 4.69) is 10.1 Å². The first-order valence-electron chi connectivity index (χ1n) is 9.11. The van der Waals surface area contributed by atoms with Crippen LogP contribution in [0.15, 0.2) is 47.0 Å². The highest BCUT2D eigenvalue weighted by Gasteiger charge is 2.35. The third-order valence-corrected chi connectivity index (χ3v) is 5.19. The molecular formula is C21H18F3N3O2. The minimum atomic E-state index is -4.40. The third-order valence-electron chi connectivity index (χ3n) is 5.19. The van der Waals surface area contributed by atoms with Crippen LogP contribution in [0.5, 0.6) is 0 Å². The number of aromatic nitrogens is 2. The van der Waals surface area contributed by atoms with Crippen molar-refractivity contribution in [3.05, 3.63) is 65.0 Å². The van der Waals surface area contributed by atoms with Crippen LogP contribution in [0.4, 0.5) is 18.9 Å². The Hall–Kier alpha value is -3.16. The van der Waals surface area contributed by atoms with Gasteiger partial charge in [-0.2, -0.15) is 18.2 Å². The molecule has 0 unspecified atom stereocenters. The Labute approximate surface area is 165 Å². The normalized spacial score (nSPS) is 17.2. The van der Waals surface area contributed by atoms with Gasteiger partial charge in [-0.05, 0) is 49.2 Å². The fourth-order valence-electron chi connectivity index (χ4n) is 3.34. The molecule has 4 rings (SSSR count). The van der Waals surface area contributed by atoms with Gasteiger partial charge in [-0.25, -0.2) is 0 Å². The molecule has 1 saturated heterocycles. The summed E-state index contributed by atoms with van der Waals surface area (Å²) in [6.45, 7) is 4.41. The van der Waals surface area contributed by atoms with Gasteiger partial charge in [-0.3, -0.25) is 4.79 Å². The third kappa shape index (κ3) is 3.74. The smallest absolute Gasteiger partial charge is 0.339 e. The Morgan fingerprint density at radius 2 is 1.79 bits per heavy atom. The van der Waals surface area contributed by atoms with E-state index >= 15 is 0 Å². The van der Waals surface area contributed by atoms with Gasteiger partial charge in [-0.15, -0.1) is 0 Å². The van der Waals surface area contributed by atoms with Crippen molar-refractivity contribution < 1.29 is 22.5 Å². The molecule has 2 heterocycles. The minimum Gasteiger partial charge on any atom is -0.339 e. The molecule has 8 heteroatoms. The number of nitrogens with zero attached hydrogens (tertiary/aromatic N) is 3. The standard InChI is InChI=1S/C21H18F3N3O2/c1-12-3-8-17(9-13(12)2)27-11-15(10-18(27)28)20-25-19(26-29-20)14-4-6-16(7-5-14)21(22,23)24/h3-9,15H,10-11H2,1-2H3/t15-/m0/s1. The average molecular weight is 401 g/mol.